The van der Waals surface area contributed by atoms with Crippen molar-refractivity contribution in [3.05, 3.63) is 58.1 Å². The summed E-state index contributed by atoms with van der Waals surface area (Å²) in [6, 6.07) is 0. The van der Waals surface area contributed by atoms with Crippen molar-refractivity contribution >= 4 is 5.91 Å². The highest BCUT2D eigenvalue weighted by Gasteiger charge is 2.37. The minimum Gasteiger partial charge on any atom is -0.503 e. The van der Waals surface area contributed by atoms with Crippen LogP contribution in [0.1, 0.15) is 62.9 Å². The zero-order valence-corrected chi connectivity index (χ0v) is 18.3. The molecule has 1 heterocycles. The molecule has 0 bridgehead atoms. The first-order valence-electron chi connectivity index (χ1n) is 10.9. The Balaban J connectivity index is 1.95. The van der Waals surface area contributed by atoms with Crippen molar-refractivity contribution in [1.82, 2.24) is 14.7 Å². The van der Waals surface area contributed by atoms with E-state index < -0.39 is 17.1 Å². The number of allylic oxidation sites excluding steroid dienone is 6. The number of amides is 1. The van der Waals surface area contributed by atoms with Gasteiger partial charge in [0, 0.05) is 19.0 Å². The Morgan fingerprint density at radius 3 is 2.60 bits per heavy atom. The van der Waals surface area contributed by atoms with Crippen molar-refractivity contribution in [3.8, 4) is 5.75 Å². The Morgan fingerprint density at radius 1 is 1.30 bits per heavy atom. The Morgan fingerprint density at radius 2 is 2.00 bits per heavy atom. The molecule has 3 rings (SSSR count). The molecule has 0 aliphatic heterocycles. The van der Waals surface area contributed by atoms with Crippen LogP contribution in [0.25, 0.3) is 0 Å². The largest absolute Gasteiger partial charge is 0.503 e. The molecular weight excluding hydrogens is 378 g/mol. The van der Waals surface area contributed by atoms with E-state index in [0.29, 0.717) is 19.0 Å². The Hall–Kier alpha value is -2.63. The normalized spacial score (nSPS) is 19.1. The zero-order valence-electron chi connectivity index (χ0n) is 18.3. The molecule has 1 N–H and O–H groups in total. The predicted octanol–water partition coefficient (Wildman–Crippen LogP) is 4.07. The molecule has 6 nitrogen and oxygen atoms in total. The average molecular weight is 412 g/mol. The van der Waals surface area contributed by atoms with Crippen molar-refractivity contribution < 1.29 is 9.90 Å². The van der Waals surface area contributed by atoms with E-state index in [-0.39, 0.29) is 11.1 Å². The van der Waals surface area contributed by atoms with Crippen LogP contribution in [0.4, 0.5) is 0 Å². The van der Waals surface area contributed by atoms with Crippen LogP contribution in [0.3, 0.4) is 0 Å². The van der Waals surface area contributed by atoms with E-state index in [1.165, 1.54) is 11.8 Å². The molecule has 162 valence electrons. The molecule has 0 saturated heterocycles. The van der Waals surface area contributed by atoms with Crippen LogP contribution in [-0.4, -0.2) is 39.3 Å². The number of hydrogen-bond acceptors (Lipinski definition) is 4. The summed E-state index contributed by atoms with van der Waals surface area (Å²) in [7, 11) is 1.69. The predicted molar refractivity (Wildman–Crippen MR) is 118 cm³/mol. The van der Waals surface area contributed by atoms with Gasteiger partial charge in [0.2, 0.25) is 0 Å². The summed E-state index contributed by atoms with van der Waals surface area (Å²) < 4.78 is 1.59. The molecule has 0 atom stereocenters. The number of aromatic hydroxyl groups is 1. The molecule has 0 spiro atoms. The Bertz CT molecular complexity index is 916. The first kappa shape index (κ1) is 22.1. The quantitative estimate of drug-likeness (QED) is 0.654. The van der Waals surface area contributed by atoms with Gasteiger partial charge in [0.05, 0.1) is 12.7 Å². The fourth-order valence-electron chi connectivity index (χ4n) is 4.38. The van der Waals surface area contributed by atoms with Gasteiger partial charge in [-0.15, -0.1) is 0 Å². The van der Waals surface area contributed by atoms with E-state index in [9.17, 15) is 14.7 Å². The molecule has 2 fully saturated rings. The van der Waals surface area contributed by atoms with Crippen LogP contribution < -0.4 is 5.43 Å². The minimum atomic E-state index is -0.697. The molecule has 1 aromatic heterocycles. The number of aromatic nitrogens is 2. The Kier molecular flexibility index (Phi) is 6.95. The van der Waals surface area contributed by atoms with E-state index >= 15 is 0 Å². The molecule has 0 aromatic carbocycles. The van der Waals surface area contributed by atoms with Gasteiger partial charge in [0.1, 0.15) is 0 Å². The third kappa shape index (κ3) is 4.91. The van der Waals surface area contributed by atoms with Crippen LogP contribution in [-0.2, 0) is 6.54 Å². The fourth-order valence-corrected chi connectivity index (χ4v) is 4.38. The van der Waals surface area contributed by atoms with Crippen LogP contribution in [0.15, 0.2) is 46.9 Å². The fraction of sp³-hybridized carbons (Fsp3) is 0.542. The second-order valence-electron chi connectivity index (χ2n) is 8.65. The van der Waals surface area contributed by atoms with Gasteiger partial charge >= 0.3 is 0 Å². The van der Waals surface area contributed by atoms with Crippen molar-refractivity contribution in [2.24, 2.45) is 11.3 Å². The molecular formula is C24H33N3O3. The second-order valence-corrected chi connectivity index (χ2v) is 8.65. The minimum absolute atomic E-state index is 0.138. The lowest BCUT2D eigenvalue weighted by Crippen LogP contribution is -2.35. The summed E-state index contributed by atoms with van der Waals surface area (Å²) >= 11 is 0. The van der Waals surface area contributed by atoms with Gasteiger partial charge in [-0.1, -0.05) is 43.2 Å². The standard InChI is InChI=1S/C24H33N3O3/c1-4-6-10-19(9-5-2)24(13-7-8-14-24)17-27-16-20(28)22(29)21(25-27)23(30)26(3)15-18-11-12-18/h4-6,9-10,16,18,28H,7-8,11-15,17H2,1-3H3. The molecule has 30 heavy (non-hydrogen) atoms. The zero-order chi connectivity index (χ0) is 21.7. The summed E-state index contributed by atoms with van der Waals surface area (Å²) in [6.07, 6.45) is 18.2. The van der Waals surface area contributed by atoms with Crippen LogP contribution in [0.2, 0.25) is 0 Å². The van der Waals surface area contributed by atoms with Gasteiger partial charge < -0.3 is 10.0 Å². The maximum atomic E-state index is 12.8. The smallest absolute Gasteiger partial charge is 0.278 e. The topological polar surface area (TPSA) is 75.4 Å². The molecule has 1 amide bonds. The summed E-state index contributed by atoms with van der Waals surface area (Å²) in [5.41, 5.74) is 0.175. The molecule has 0 radical (unpaired) electrons. The number of nitrogens with zero attached hydrogens (tertiary/aromatic N) is 3. The van der Waals surface area contributed by atoms with E-state index in [0.717, 1.165) is 38.5 Å². The first-order chi connectivity index (χ1) is 14.4. The monoisotopic (exact) mass is 411 g/mol. The van der Waals surface area contributed by atoms with E-state index in [2.05, 4.69) is 17.3 Å². The summed E-state index contributed by atoms with van der Waals surface area (Å²) in [4.78, 5) is 26.8. The summed E-state index contributed by atoms with van der Waals surface area (Å²) in [5.74, 6) is -0.332. The van der Waals surface area contributed by atoms with Gasteiger partial charge in [0.25, 0.3) is 11.3 Å². The highest BCUT2D eigenvalue weighted by Crippen LogP contribution is 2.46. The molecule has 1 aromatic rings. The average Bonchev–Trinajstić information content (AvgIpc) is 3.42. The lowest BCUT2D eigenvalue weighted by molar-refractivity contribution is 0.0777. The SMILES string of the molecule is CC=CC=C(C=CC)C1(Cn2cc(O)c(=O)c(C(=O)N(C)CC3CC3)n2)CCCC1. The number of carbonyl (C=O) groups excluding carboxylic acids is 1. The lowest BCUT2D eigenvalue weighted by Gasteiger charge is -2.31. The van der Waals surface area contributed by atoms with Crippen molar-refractivity contribution in [2.75, 3.05) is 13.6 Å². The van der Waals surface area contributed by atoms with Gasteiger partial charge in [-0.05, 0) is 51.0 Å². The van der Waals surface area contributed by atoms with E-state index in [1.54, 1.807) is 16.6 Å². The molecule has 0 unspecified atom stereocenters. The maximum absolute atomic E-state index is 12.8. The molecule has 2 saturated carbocycles. The Labute approximate surface area is 178 Å². The molecule has 6 heteroatoms. The number of rotatable bonds is 8. The van der Waals surface area contributed by atoms with Gasteiger partial charge in [0.15, 0.2) is 11.4 Å². The van der Waals surface area contributed by atoms with E-state index in [4.69, 9.17) is 0 Å². The van der Waals surface area contributed by atoms with Crippen molar-refractivity contribution in [1.29, 1.82) is 0 Å². The van der Waals surface area contributed by atoms with Crippen LogP contribution in [0.5, 0.6) is 5.75 Å². The van der Waals surface area contributed by atoms with Gasteiger partial charge in [-0.3, -0.25) is 14.3 Å². The van der Waals surface area contributed by atoms with Gasteiger partial charge in [-0.2, -0.15) is 5.10 Å². The number of carbonyl (C=O) groups is 1. The highest BCUT2D eigenvalue weighted by molar-refractivity contribution is 5.92. The highest BCUT2D eigenvalue weighted by atomic mass is 16.3. The third-order valence-electron chi connectivity index (χ3n) is 6.18. The van der Waals surface area contributed by atoms with Crippen LogP contribution >= 0.6 is 0 Å². The third-order valence-corrected chi connectivity index (χ3v) is 6.18. The summed E-state index contributed by atoms with van der Waals surface area (Å²) in [5, 5.41) is 14.7. The number of hydrogen-bond donors (Lipinski definition) is 1. The van der Waals surface area contributed by atoms with Crippen LogP contribution in [0, 0.1) is 11.3 Å². The molecule has 2 aliphatic rings. The lowest BCUT2D eigenvalue weighted by atomic mass is 9.77. The molecule has 2 aliphatic carbocycles. The van der Waals surface area contributed by atoms with Gasteiger partial charge in [-0.25, -0.2) is 0 Å². The maximum Gasteiger partial charge on any atom is 0.278 e. The summed E-state index contributed by atoms with van der Waals surface area (Å²) in [6.45, 7) is 5.13. The second kappa shape index (κ2) is 9.45. The van der Waals surface area contributed by atoms with E-state index in [1.807, 2.05) is 32.1 Å². The first-order valence-corrected chi connectivity index (χ1v) is 10.9. The van der Waals surface area contributed by atoms with Crippen molar-refractivity contribution in [3.63, 3.8) is 0 Å². The van der Waals surface area contributed by atoms with Crippen molar-refractivity contribution in [2.45, 2.75) is 58.9 Å².